The van der Waals surface area contributed by atoms with E-state index in [1.54, 1.807) is 16.8 Å². The van der Waals surface area contributed by atoms with Crippen LogP contribution in [-0.2, 0) is 9.05 Å². The first-order valence-corrected chi connectivity index (χ1v) is 8.11. The van der Waals surface area contributed by atoms with E-state index >= 15 is 0 Å². The molecule has 3 rings (SSSR count). The zero-order valence-electron chi connectivity index (χ0n) is 10.1. The van der Waals surface area contributed by atoms with Crippen molar-refractivity contribution in [2.75, 3.05) is 0 Å². The molecule has 2 heterocycles. The van der Waals surface area contributed by atoms with Crippen LogP contribution in [0.3, 0.4) is 0 Å². The van der Waals surface area contributed by atoms with Gasteiger partial charge in [-0.1, -0.05) is 0 Å². The number of hydrogen-bond acceptors (Lipinski definition) is 5. The molecule has 1 aliphatic rings. The minimum Gasteiger partial charge on any atom is -0.294 e. The third-order valence-corrected chi connectivity index (χ3v) is 4.17. The zero-order valence-corrected chi connectivity index (χ0v) is 11.7. The molecule has 1 fully saturated rings. The van der Waals surface area contributed by atoms with Gasteiger partial charge in [0.1, 0.15) is 0 Å². The third kappa shape index (κ3) is 2.23. The molecule has 0 spiro atoms. The lowest BCUT2D eigenvalue weighted by Gasteiger charge is -2.08. The van der Waals surface area contributed by atoms with Crippen LogP contribution in [0.1, 0.15) is 24.6 Å². The van der Waals surface area contributed by atoms with Crippen molar-refractivity contribution in [3.05, 3.63) is 24.0 Å². The van der Waals surface area contributed by atoms with Crippen molar-refractivity contribution in [1.29, 1.82) is 0 Å². The fourth-order valence-electron chi connectivity index (χ4n) is 2.01. The van der Waals surface area contributed by atoms with E-state index in [-0.39, 0.29) is 11.2 Å². The van der Waals surface area contributed by atoms with E-state index in [0.29, 0.717) is 5.82 Å². The van der Waals surface area contributed by atoms with Crippen molar-refractivity contribution in [2.45, 2.75) is 31.0 Å². The molecule has 0 atom stereocenters. The SMILES string of the molecule is Cc1ncccc1-c1nnc(S(=O)(=O)Cl)n1C1CC1. The van der Waals surface area contributed by atoms with Crippen LogP contribution >= 0.6 is 10.7 Å². The van der Waals surface area contributed by atoms with Gasteiger partial charge < -0.3 is 0 Å². The van der Waals surface area contributed by atoms with Gasteiger partial charge in [-0.3, -0.25) is 9.55 Å². The van der Waals surface area contributed by atoms with Crippen molar-refractivity contribution >= 4 is 19.7 Å². The van der Waals surface area contributed by atoms with Crippen LogP contribution in [-0.4, -0.2) is 28.2 Å². The summed E-state index contributed by atoms with van der Waals surface area (Å²) in [5.41, 5.74) is 1.55. The lowest BCUT2D eigenvalue weighted by Crippen LogP contribution is -2.06. The van der Waals surface area contributed by atoms with E-state index in [0.717, 1.165) is 24.1 Å². The second-order valence-corrected chi connectivity index (χ2v) is 6.94. The van der Waals surface area contributed by atoms with E-state index in [1.807, 2.05) is 13.0 Å². The highest BCUT2D eigenvalue weighted by Crippen LogP contribution is 2.40. The van der Waals surface area contributed by atoms with Gasteiger partial charge in [-0.05, 0) is 31.9 Å². The lowest BCUT2D eigenvalue weighted by molar-refractivity contribution is 0.579. The lowest BCUT2D eigenvalue weighted by atomic mass is 10.2. The minimum atomic E-state index is -3.90. The summed E-state index contributed by atoms with van der Waals surface area (Å²) in [5.74, 6) is 0.507. The minimum absolute atomic E-state index is 0.105. The Labute approximate surface area is 114 Å². The maximum absolute atomic E-state index is 11.5. The summed E-state index contributed by atoms with van der Waals surface area (Å²) < 4.78 is 24.7. The molecule has 0 unspecified atom stereocenters. The molecule has 0 aromatic carbocycles. The number of nitrogens with zero attached hydrogens (tertiary/aromatic N) is 4. The molecule has 0 radical (unpaired) electrons. The normalized spacial score (nSPS) is 15.7. The molecule has 1 aliphatic carbocycles. The molecule has 0 bridgehead atoms. The number of aryl methyl sites for hydroxylation is 1. The van der Waals surface area contributed by atoms with Gasteiger partial charge in [0.05, 0.1) is 0 Å². The Morgan fingerprint density at radius 3 is 2.68 bits per heavy atom. The molecule has 0 saturated heterocycles. The van der Waals surface area contributed by atoms with Crippen LogP contribution in [0.4, 0.5) is 0 Å². The van der Waals surface area contributed by atoms with E-state index in [4.69, 9.17) is 10.7 Å². The molecule has 8 heteroatoms. The molecule has 0 aliphatic heterocycles. The first-order chi connectivity index (χ1) is 8.98. The maximum Gasteiger partial charge on any atom is 0.296 e. The Balaban J connectivity index is 2.24. The molecule has 0 amide bonds. The van der Waals surface area contributed by atoms with Gasteiger partial charge in [-0.15, -0.1) is 10.2 Å². The molecule has 19 heavy (non-hydrogen) atoms. The Hall–Kier alpha value is -1.47. The summed E-state index contributed by atoms with van der Waals surface area (Å²) in [4.78, 5) is 4.18. The van der Waals surface area contributed by atoms with Gasteiger partial charge in [0, 0.05) is 34.2 Å². The number of hydrogen-bond donors (Lipinski definition) is 0. The second kappa shape index (κ2) is 4.28. The Bertz CT molecular complexity index is 737. The Morgan fingerprint density at radius 2 is 2.11 bits per heavy atom. The van der Waals surface area contributed by atoms with Gasteiger partial charge in [-0.25, -0.2) is 8.42 Å². The summed E-state index contributed by atoms with van der Waals surface area (Å²) in [7, 11) is 1.51. The topological polar surface area (TPSA) is 77.7 Å². The zero-order chi connectivity index (χ0) is 13.6. The van der Waals surface area contributed by atoms with Crippen LogP contribution in [0.5, 0.6) is 0 Å². The van der Waals surface area contributed by atoms with E-state index in [9.17, 15) is 8.42 Å². The van der Waals surface area contributed by atoms with E-state index in [1.165, 1.54) is 0 Å². The summed E-state index contributed by atoms with van der Waals surface area (Å²) in [6.07, 6.45) is 3.49. The van der Waals surface area contributed by atoms with Crippen LogP contribution < -0.4 is 0 Å². The molecule has 2 aromatic rings. The van der Waals surface area contributed by atoms with Crippen molar-refractivity contribution in [3.63, 3.8) is 0 Å². The van der Waals surface area contributed by atoms with Crippen molar-refractivity contribution in [3.8, 4) is 11.4 Å². The van der Waals surface area contributed by atoms with Crippen LogP contribution in [0.2, 0.25) is 0 Å². The standard InChI is InChI=1S/C11H11ClN4O2S/c1-7-9(3-2-6-13-7)10-14-15-11(19(12,17)18)16(10)8-4-5-8/h2-3,6,8H,4-5H2,1H3. The fraction of sp³-hybridized carbons (Fsp3) is 0.364. The Morgan fingerprint density at radius 1 is 1.37 bits per heavy atom. The van der Waals surface area contributed by atoms with Crippen molar-refractivity contribution in [2.24, 2.45) is 0 Å². The number of pyridine rings is 1. The first-order valence-electron chi connectivity index (χ1n) is 5.80. The average Bonchev–Trinajstić information content (AvgIpc) is 3.07. The third-order valence-electron chi connectivity index (χ3n) is 3.04. The highest BCUT2D eigenvalue weighted by molar-refractivity contribution is 8.13. The van der Waals surface area contributed by atoms with Gasteiger partial charge in [0.15, 0.2) is 5.82 Å². The molecule has 0 N–H and O–H groups in total. The largest absolute Gasteiger partial charge is 0.296 e. The monoisotopic (exact) mass is 298 g/mol. The smallest absolute Gasteiger partial charge is 0.294 e. The Kier molecular flexibility index (Phi) is 2.83. The van der Waals surface area contributed by atoms with Gasteiger partial charge in [0.2, 0.25) is 0 Å². The summed E-state index contributed by atoms with van der Waals surface area (Å²) >= 11 is 0. The molecule has 100 valence electrons. The van der Waals surface area contributed by atoms with E-state index in [2.05, 4.69) is 15.2 Å². The predicted octanol–water partition coefficient (Wildman–Crippen LogP) is 1.91. The fourth-order valence-corrected chi connectivity index (χ4v) is 2.93. The number of halogens is 1. The van der Waals surface area contributed by atoms with Crippen molar-refractivity contribution in [1.82, 2.24) is 19.7 Å². The highest BCUT2D eigenvalue weighted by atomic mass is 35.7. The second-order valence-electron chi connectivity index (χ2n) is 4.48. The number of rotatable bonds is 3. The molecule has 2 aromatic heterocycles. The van der Waals surface area contributed by atoms with Gasteiger partial charge in [-0.2, -0.15) is 0 Å². The van der Waals surface area contributed by atoms with Gasteiger partial charge >= 0.3 is 0 Å². The number of aromatic nitrogens is 4. The van der Waals surface area contributed by atoms with Crippen LogP contribution in [0.15, 0.2) is 23.5 Å². The molecular formula is C11H11ClN4O2S. The summed E-state index contributed by atoms with van der Waals surface area (Å²) in [6, 6.07) is 3.73. The van der Waals surface area contributed by atoms with E-state index < -0.39 is 9.05 Å². The molecule has 1 saturated carbocycles. The summed E-state index contributed by atoms with van der Waals surface area (Å²) in [6.45, 7) is 1.84. The highest BCUT2D eigenvalue weighted by Gasteiger charge is 2.34. The quantitative estimate of drug-likeness (QED) is 0.809. The first kappa shape index (κ1) is 12.6. The maximum atomic E-state index is 11.5. The van der Waals surface area contributed by atoms with Gasteiger partial charge in [0.25, 0.3) is 14.2 Å². The average molecular weight is 299 g/mol. The molecular weight excluding hydrogens is 288 g/mol. The van der Waals surface area contributed by atoms with Crippen LogP contribution in [0.25, 0.3) is 11.4 Å². The van der Waals surface area contributed by atoms with Crippen LogP contribution in [0, 0.1) is 6.92 Å². The predicted molar refractivity (Wildman–Crippen MR) is 69.3 cm³/mol. The van der Waals surface area contributed by atoms with Crippen molar-refractivity contribution < 1.29 is 8.42 Å². The summed E-state index contributed by atoms with van der Waals surface area (Å²) in [5, 5.41) is 7.53. The molecule has 6 nitrogen and oxygen atoms in total.